The van der Waals surface area contributed by atoms with Gasteiger partial charge in [0.25, 0.3) is 0 Å². The monoisotopic (exact) mass is 392 g/mol. The average molecular weight is 392 g/mol. The average Bonchev–Trinajstić information content (AvgIpc) is 2.38. The molecule has 114 valence electrons. The fourth-order valence-corrected chi connectivity index (χ4v) is 1.64. The zero-order chi connectivity index (χ0) is 14.3. The number of rotatable bonds is 6. The topological polar surface area (TPSA) is 63.7 Å². The Morgan fingerprint density at radius 2 is 2.00 bits per heavy atom. The van der Waals surface area contributed by atoms with E-state index in [1.165, 1.54) is 0 Å². The van der Waals surface area contributed by atoms with Gasteiger partial charge < -0.3 is 15.4 Å². The fraction of sp³-hybridized carbons (Fsp3) is 0.571. The molecule has 0 bridgehead atoms. The van der Waals surface area contributed by atoms with Crippen LogP contribution in [0.3, 0.4) is 0 Å². The van der Waals surface area contributed by atoms with Gasteiger partial charge in [-0.3, -0.25) is 0 Å². The number of hydrogen-bond acceptors (Lipinski definition) is 3. The van der Waals surface area contributed by atoms with Gasteiger partial charge in [0, 0.05) is 25.4 Å². The van der Waals surface area contributed by atoms with Gasteiger partial charge in [-0.1, -0.05) is 6.07 Å². The number of guanidine groups is 1. The standard InChI is InChI=1S/C14H24N4O.HI/c1-5-18(6-2)14(15)17-10-12-7-8-13(16-9-12)19-11(3)4;/h7-9,11H,5-6,10H2,1-4H3,(H2,15,17);1H. The van der Waals surface area contributed by atoms with Crippen LogP contribution in [0.15, 0.2) is 23.3 Å². The maximum Gasteiger partial charge on any atom is 0.213 e. The molecule has 0 unspecified atom stereocenters. The summed E-state index contributed by atoms with van der Waals surface area (Å²) >= 11 is 0. The normalized spacial score (nSPS) is 11.2. The van der Waals surface area contributed by atoms with Crippen LogP contribution in [0.2, 0.25) is 0 Å². The van der Waals surface area contributed by atoms with E-state index in [1.54, 1.807) is 6.20 Å². The van der Waals surface area contributed by atoms with Crippen LogP contribution >= 0.6 is 24.0 Å². The number of nitrogens with two attached hydrogens (primary N) is 1. The molecule has 2 N–H and O–H groups in total. The van der Waals surface area contributed by atoms with Crippen molar-refractivity contribution in [1.29, 1.82) is 0 Å². The second-order valence-corrected chi connectivity index (χ2v) is 4.52. The molecule has 0 amide bonds. The van der Waals surface area contributed by atoms with Gasteiger partial charge in [0.15, 0.2) is 5.96 Å². The summed E-state index contributed by atoms with van der Waals surface area (Å²) < 4.78 is 5.49. The van der Waals surface area contributed by atoms with Gasteiger partial charge in [0.2, 0.25) is 5.88 Å². The molecule has 0 saturated carbocycles. The first-order valence-electron chi connectivity index (χ1n) is 6.73. The molecule has 0 aliphatic rings. The van der Waals surface area contributed by atoms with E-state index in [0.29, 0.717) is 18.4 Å². The van der Waals surface area contributed by atoms with Crippen molar-refractivity contribution in [3.8, 4) is 5.88 Å². The summed E-state index contributed by atoms with van der Waals surface area (Å²) in [4.78, 5) is 10.6. The summed E-state index contributed by atoms with van der Waals surface area (Å²) in [6, 6.07) is 3.82. The molecule has 0 fully saturated rings. The molecule has 0 aliphatic heterocycles. The SMILES string of the molecule is CCN(CC)C(N)=NCc1ccc(OC(C)C)nc1.I. The van der Waals surface area contributed by atoms with E-state index in [1.807, 2.05) is 30.9 Å². The van der Waals surface area contributed by atoms with Crippen molar-refractivity contribution in [3.63, 3.8) is 0 Å². The maximum absolute atomic E-state index is 5.91. The van der Waals surface area contributed by atoms with Gasteiger partial charge in [0.05, 0.1) is 12.6 Å². The summed E-state index contributed by atoms with van der Waals surface area (Å²) in [5, 5.41) is 0. The van der Waals surface area contributed by atoms with Crippen molar-refractivity contribution in [2.75, 3.05) is 13.1 Å². The van der Waals surface area contributed by atoms with Crippen LogP contribution in [0.25, 0.3) is 0 Å². The Kier molecular flexibility index (Phi) is 9.28. The first-order valence-corrected chi connectivity index (χ1v) is 6.73. The first-order chi connectivity index (χ1) is 9.06. The molecule has 0 radical (unpaired) electrons. The van der Waals surface area contributed by atoms with E-state index in [2.05, 4.69) is 23.8 Å². The number of aromatic nitrogens is 1. The van der Waals surface area contributed by atoms with Gasteiger partial charge >= 0.3 is 0 Å². The molecular formula is C14H25IN4O. The Bertz CT molecular complexity index is 402. The summed E-state index contributed by atoms with van der Waals surface area (Å²) in [7, 11) is 0. The van der Waals surface area contributed by atoms with Crippen molar-refractivity contribution in [3.05, 3.63) is 23.9 Å². The Morgan fingerprint density at radius 1 is 1.35 bits per heavy atom. The summed E-state index contributed by atoms with van der Waals surface area (Å²) in [5.41, 5.74) is 6.93. The maximum atomic E-state index is 5.91. The third-order valence-corrected chi connectivity index (χ3v) is 2.67. The molecule has 0 spiro atoms. The summed E-state index contributed by atoms with van der Waals surface area (Å²) in [6.07, 6.45) is 1.91. The molecule has 6 heteroatoms. The number of pyridine rings is 1. The molecule has 1 aromatic heterocycles. The lowest BCUT2D eigenvalue weighted by Gasteiger charge is -2.19. The van der Waals surface area contributed by atoms with E-state index in [9.17, 15) is 0 Å². The van der Waals surface area contributed by atoms with Crippen LogP contribution in [0.5, 0.6) is 5.88 Å². The van der Waals surface area contributed by atoms with Crippen LogP contribution in [-0.4, -0.2) is 35.0 Å². The largest absolute Gasteiger partial charge is 0.475 e. The molecule has 1 heterocycles. The van der Waals surface area contributed by atoms with Crippen LogP contribution in [0.1, 0.15) is 33.3 Å². The van der Waals surface area contributed by atoms with Gasteiger partial charge in [-0.05, 0) is 33.3 Å². The van der Waals surface area contributed by atoms with Crippen molar-refractivity contribution in [2.45, 2.75) is 40.3 Å². The summed E-state index contributed by atoms with van der Waals surface area (Å²) in [5.74, 6) is 1.21. The lowest BCUT2D eigenvalue weighted by Crippen LogP contribution is -2.37. The molecule has 0 atom stereocenters. The van der Waals surface area contributed by atoms with Crippen molar-refractivity contribution in [2.24, 2.45) is 10.7 Å². The minimum Gasteiger partial charge on any atom is -0.475 e. The van der Waals surface area contributed by atoms with Crippen LogP contribution in [-0.2, 0) is 6.54 Å². The lowest BCUT2D eigenvalue weighted by molar-refractivity contribution is 0.232. The fourth-order valence-electron chi connectivity index (χ4n) is 1.64. The van der Waals surface area contributed by atoms with Crippen LogP contribution in [0, 0.1) is 0 Å². The molecule has 1 rings (SSSR count). The molecule has 5 nitrogen and oxygen atoms in total. The van der Waals surface area contributed by atoms with Crippen LogP contribution < -0.4 is 10.5 Å². The minimum atomic E-state index is 0. The van der Waals surface area contributed by atoms with Crippen molar-refractivity contribution < 1.29 is 4.74 Å². The van der Waals surface area contributed by atoms with E-state index < -0.39 is 0 Å². The number of nitrogens with zero attached hydrogens (tertiary/aromatic N) is 3. The highest BCUT2D eigenvalue weighted by molar-refractivity contribution is 14.0. The van der Waals surface area contributed by atoms with Crippen molar-refractivity contribution >= 4 is 29.9 Å². The third-order valence-electron chi connectivity index (χ3n) is 2.67. The van der Waals surface area contributed by atoms with Crippen LogP contribution in [0.4, 0.5) is 0 Å². The molecule has 0 aliphatic carbocycles. The number of hydrogen-bond donors (Lipinski definition) is 1. The zero-order valence-electron chi connectivity index (χ0n) is 12.7. The minimum absolute atomic E-state index is 0. The quantitative estimate of drug-likeness (QED) is 0.459. The van der Waals surface area contributed by atoms with Gasteiger partial charge in [-0.25, -0.2) is 9.98 Å². The number of aliphatic imine (C=N–C) groups is 1. The highest BCUT2D eigenvalue weighted by atomic mass is 127. The zero-order valence-corrected chi connectivity index (χ0v) is 15.0. The lowest BCUT2D eigenvalue weighted by atomic mass is 10.3. The molecular weight excluding hydrogens is 367 g/mol. The second kappa shape index (κ2) is 9.79. The van der Waals surface area contributed by atoms with Crippen molar-refractivity contribution in [1.82, 2.24) is 9.88 Å². The van der Waals surface area contributed by atoms with Gasteiger partial charge in [-0.2, -0.15) is 0 Å². The van der Waals surface area contributed by atoms with E-state index in [4.69, 9.17) is 10.5 Å². The Balaban J connectivity index is 0.00000361. The molecule has 1 aromatic rings. The number of halogens is 1. The highest BCUT2D eigenvalue weighted by Crippen LogP contribution is 2.10. The van der Waals surface area contributed by atoms with Gasteiger partial charge in [0.1, 0.15) is 0 Å². The number of ether oxygens (including phenoxy) is 1. The smallest absolute Gasteiger partial charge is 0.213 e. The van der Waals surface area contributed by atoms with Gasteiger partial charge in [-0.15, -0.1) is 24.0 Å². The Hall–Kier alpha value is -1.05. The molecule has 0 aromatic carbocycles. The first kappa shape index (κ1) is 18.9. The Morgan fingerprint density at radius 3 is 2.45 bits per heavy atom. The Labute approximate surface area is 138 Å². The predicted molar refractivity (Wildman–Crippen MR) is 93.7 cm³/mol. The highest BCUT2D eigenvalue weighted by Gasteiger charge is 2.02. The van der Waals surface area contributed by atoms with E-state index in [-0.39, 0.29) is 30.1 Å². The molecule has 20 heavy (non-hydrogen) atoms. The van der Waals surface area contributed by atoms with E-state index >= 15 is 0 Å². The predicted octanol–water partition coefficient (Wildman–Crippen LogP) is 2.64. The van der Waals surface area contributed by atoms with E-state index in [0.717, 1.165) is 18.7 Å². The summed E-state index contributed by atoms with van der Waals surface area (Å²) in [6.45, 7) is 10.3. The second-order valence-electron chi connectivity index (χ2n) is 4.52. The molecule has 0 saturated heterocycles. The third kappa shape index (κ3) is 6.40.